The first-order valence-electron chi connectivity index (χ1n) is 8.83. The summed E-state index contributed by atoms with van der Waals surface area (Å²) < 4.78 is 50.6. The number of fused-ring (bicyclic) bond motifs is 1. The summed E-state index contributed by atoms with van der Waals surface area (Å²) in [5.41, 5.74) is -2.09. The van der Waals surface area contributed by atoms with Crippen LogP contribution >= 0.6 is 11.6 Å². The second-order valence-electron chi connectivity index (χ2n) is 8.53. The summed E-state index contributed by atoms with van der Waals surface area (Å²) in [6.07, 6.45) is -2.04. The number of aromatic nitrogens is 1. The fourth-order valence-electron chi connectivity index (χ4n) is 4.65. The summed E-state index contributed by atoms with van der Waals surface area (Å²) in [6.45, 7) is 5.45. The first-order valence-corrected chi connectivity index (χ1v) is 9.20. The standard InChI is InChI=1S/C18H20ClF3N2O3/c1-16(2,3)27-15(25)24-9-4-11-13(24)7-17(11,6-9)26-14-5-10(18(20,21)22)12(19)8-23-14/h5,8-9,11,13H,4,6-7H2,1-3H3/t9-,11?,13-,17-/m1/s1. The lowest BCUT2D eigenvalue weighted by Gasteiger charge is -2.56. The molecule has 5 nitrogen and oxygen atoms in total. The average molecular weight is 405 g/mol. The van der Waals surface area contributed by atoms with Crippen LogP contribution in [0.15, 0.2) is 12.3 Å². The Morgan fingerprint density at radius 2 is 2.04 bits per heavy atom. The Balaban J connectivity index is 1.49. The number of hydrogen-bond donors (Lipinski definition) is 0. The third-order valence-electron chi connectivity index (χ3n) is 5.60. The van der Waals surface area contributed by atoms with Crippen molar-refractivity contribution in [2.75, 3.05) is 0 Å². The molecule has 1 aromatic heterocycles. The minimum absolute atomic E-state index is 0.00740. The third kappa shape index (κ3) is 3.02. The molecule has 0 spiro atoms. The summed E-state index contributed by atoms with van der Waals surface area (Å²) in [6, 6.07) is 0.841. The smallest absolute Gasteiger partial charge is 0.418 e. The van der Waals surface area contributed by atoms with Crippen molar-refractivity contribution in [3.63, 3.8) is 0 Å². The van der Waals surface area contributed by atoms with Crippen LogP contribution in [0.25, 0.3) is 0 Å². The highest BCUT2D eigenvalue weighted by Gasteiger charge is 2.71. The number of piperidine rings is 2. The highest BCUT2D eigenvalue weighted by molar-refractivity contribution is 6.31. The van der Waals surface area contributed by atoms with Gasteiger partial charge in [-0.3, -0.25) is 0 Å². The molecule has 2 bridgehead atoms. The Kier molecular flexibility index (Phi) is 3.91. The highest BCUT2D eigenvalue weighted by Crippen LogP contribution is 2.62. The van der Waals surface area contributed by atoms with Crippen molar-refractivity contribution in [3.05, 3.63) is 22.8 Å². The van der Waals surface area contributed by atoms with E-state index in [4.69, 9.17) is 21.1 Å². The third-order valence-corrected chi connectivity index (χ3v) is 5.90. The molecule has 3 fully saturated rings. The number of ether oxygens (including phenoxy) is 2. The SMILES string of the molecule is CC(C)(C)OC(=O)N1[C@@H]2CC3[C@H]1C[C@]3(Oc1cc(C(F)(F)F)c(Cl)cn1)C2. The Hall–Kier alpha value is -1.70. The Bertz CT molecular complexity index is 793. The quantitative estimate of drug-likeness (QED) is 0.718. The van der Waals surface area contributed by atoms with E-state index < -0.39 is 28.0 Å². The zero-order valence-electron chi connectivity index (χ0n) is 15.1. The van der Waals surface area contributed by atoms with Crippen LogP contribution in [0.2, 0.25) is 5.02 Å². The van der Waals surface area contributed by atoms with Crippen LogP contribution in [0.4, 0.5) is 18.0 Å². The topological polar surface area (TPSA) is 51.7 Å². The van der Waals surface area contributed by atoms with Crippen molar-refractivity contribution in [2.45, 2.75) is 69.5 Å². The zero-order chi connectivity index (χ0) is 19.8. The van der Waals surface area contributed by atoms with Gasteiger partial charge in [0.2, 0.25) is 5.88 Å². The van der Waals surface area contributed by atoms with E-state index in [2.05, 4.69) is 4.98 Å². The summed E-state index contributed by atoms with van der Waals surface area (Å²) in [5, 5.41) is -0.456. The first kappa shape index (κ1) is 18.7. The van der Waals surface area contributed by atoms with E-state index in [0.29, 0.717) is 12.8 Å². The predicted octanol–water partition coefficient (Wildman–Crippen LogP) is 4.67. The molecule has 148 valence electrons. The molecule has 1 aromatic rings. The second kappa shape index (κ2) is 5.65. The molecule has 2 heterocycles. The predicted molar refractivity (Wildman–Crippen MR) is 90.6 cm³/mol. The minimum Gasteiger partial charge on any atom is -0.470 e. The van der Waals surface area contributed by atoms with Crippen LogP contribution in [0.3, 0.4) is 0 Å². The van der Waals surface area contributed by atoms with Crippen LogP contribution < -0.4 is 4.74 Å². The maximum Gasteiger partial charge on any atom is 0.418 e. The molecular formula is C18H20ClF3N2O3. The van der Waals surface area contributed by atoms with Crippen molar-refractivity contribution in [1.82, 2.24) is 9.88 Å². The fourth-order valence-corrected chi connectivity index (χ4v) is 4.86. The van der Waals surface area contributed by atoms with Crippen LogP contribution in [0.5, 0.6) is 5.88 Å². The van der Waals surface area contributed by atoms with E-state index in [9.17, 15) is 18.0 Å². The van der Waals surface area contributed by atoms with Crippen molar-refractivity contribution in [1.29, 1.82) is 0 Å². The molecule has 4 atom stereocenters. The number of likely N-dealkylation sites (tertiary alicyclic amines) is 1. The van der Waals surface area contributed by atoms with Gasteiger partial charge in [-0.2, -0.15) is 13.2 Å². The average Bonchev–Trinajstić information content (AvgIpc) is 2.94. The van der Waals surface area contributed by atoms with Gasteiger partial charge >= 0.3 is 12.3 Å². The molecule has 9 heteroatoms. The Labute approximate surface area is 159 Å². The number of amides is 1. The molecule has 1 saturated heterocycles. The zero-order valence-corrected chi connectivity index (χ0v) is 15.9. The number of alkyl halides is 3. The summed E-state index contributed by atoms with van der Waals surface area (Å²) in [4.78, 5) is 18.1. The van der Waals surface area contributed by atoms with Gasteiger partial charge in [-0.1, -0.05) is 11.6 Å². The molecular weight excluding hydrogens is 385 g/mol. The van der Waals surface area contributed by atoms with E-state index in [1.54, 1.807) is 4.90 Å². The molecule has 1 aliphatic heterocycles. The van der Waals surface area contributed by atoms with Crippen molar-refractivity contribution >= 4 is 17.7 Å². The molecule has 3 aliphatic rings. The van der Waals surface area contributed by atoms with Crippen LogP contribution in [-0.2, 0) is 10.9 Å². The molecule has 2 saturated carbocycles. The largest absolute Gasteiger partial charge is 0.470 e. The summed E-state index contributed by atoms with van der Waals surface area (Å²) in [5.74, 6) is 0.00313. The van der Waals surface area contributed by atoms with Gasteiger partial charge in [0.15, 0.2) is 0 Å². The van der Waals surface area contributed by atoms with Gasteiger partial charge in [-0.25, -0.2) is 9.78 Å². The van der Waals surface area contributed by atoms with Crippen LogP contribution in [-0.4, -0.2) is 39.3 Å². The number of carbonyl (C=O) groups is 1. The summed E-state index contributed by atoms with van der Waals surface area (Å²) >= 11 is 5.62. The second-order valence-corrected chi connectivity index (χ2v) is 8.93. The molecule has 0 radical (unpaired) electrons. The lowest BCUT2D eigenvalue weighted by Crippen LogP contribution is -2.67. The van der Waals surface area contributed by atoms with Gasteiger partial charge in [-0.05, 0) is 27.2 Å². The van der Waals surface area contributed by atoms with Crippen molar-refractivity contribution in [2.24, 2.45) is 5.92 Å². The van der Waals surface area contributed by atoms with E-state index in [0.717, 1.165) is 18.7 Å². The van der Waals surface area contributed by atoms with Gasteiger partial charge in [0, 0.05) is 36.9 Å². The van der Waals surface area contributed by atoms with Crippen LogP contribution in [0.1, 0.15) is 45.6 Å². The number of nitrogens with zero attached hydrogens (tertiary/aromatic N) is 2. The number of carbonyl (C=O) groups excluding carboxylic acids is 1. The maximum absolute atomic E-state index is 13.0. The lowest BCUT2D eigenvalue weighted by atomic mass is 9.66. The van der Waals surface area contributed by atoms with Gasteiger partial charge in [0.1, 0.15) is 11.2 Å². The number of hydrogen-bond acceptors (Lipinski definition) is 4. The van der Waals surface area contributed by atoms with E-state index in [1.165, 1.54) is 0 Å². The van der Waals surface area contributed by atoms with Gasteiger partial charge in [0.05, 0.1) is 16.8 Å². The monoisotopic (exact) mass is 404 g/mol. The van der Waals surface area contributed by atoms with Crippen molar-refractivity contribution < 1.29 is 27.4 Å². The first-order chi connectivity index (χ1) is 12.4. The molecule has 1 unspecified atom stereocenters. The lowest BCUT2D eigenvalue weighted by molar-refractivity contribution is -0.141. The van der Waals surface area contributed by atoms with Gasteiger partial charge in [0.25, 0.3) is 0 Å². The fraction of sp³-hybridized carbons (Fsp3) is 0.667. The molecule has 1 amide bonds. The van der Waals surface area contributed by atoms with E-state index in [-0.39, 0.29) is 30.0 Å². The van der Waals surface area contributed by atoms with Gasteiger partial charge < -0.3 is 14.4 Å². The molecule has 27 heavy (non-hydrogen) atoms. The Morgan fingerprint density at radius 1 is 1.33 bits per heavy atom. The number of rotatable bonds is 2. The number of halogens is 4. The molecule has 2 aliphatic carbocycles. The normalized spacial score (nSPS) is 31.7. The molecule has 0 N–H and O–H groups in total. The summed E-state index contributed by atoms with van der Waals surface area (Å²) in [7, 11) is 0. The van der Waals surface area contributed by atoms with E-state index >= 15 is 0 Å². The van der Waals surface area contributed by atoms with Crippen molar-refractivity contribution in [3.8, 4) is 5.88 Å². The Morgan fingerprint density at radius 3 is 2.59 bits per heavy atom. The van der Waals surface area contributed by atoms with Crippen LogP contribution in [0, 0.1) is 5.92 Å². The minimum atomic E-state index is -4.57. The van der Waals surface area contributed by atoms with E-state index in [1.807, 2.05) is 20.8 Å². The highest BCUT2D eigenvalue weighted by atomic mass is 35.5. The maximum atomic E-state index is 13.0. The molecule has 4 rings (SSSR count). The van der Waals surface area contributed by atoms with Gasteiger partial charge in [-0.15, -0.1) is 0 Å². The molecule has 0 aromatic carbocycles. The number of pyridine rings is 1.